The van der Waals surface area contributed by atoms with Gasteiger partial charge < -0.3 is 20.4 Å². The maximum atomic E-state index is 12.6. The lowest BCUT2D eigenvalue weighted by atomic mass is 9.86. The normalized spacial score (nSPS) is 16.2. The molecule has 0 spiro atoms. The number of nitrogens with one attached hydrogen (secondary N) is 1. The van der Waals surface area contributed by atoms with Crippen LogP contribution in [0.2, 0.25) is 0 Å². The molecule has 1 unspecified atom stereocenters. The van der Waals surface area contributed by atoms with Crippen LogP contribution in [0.5, 0.6) is 0 Å². The summed E-state index contributed by atoms with van der Waals surface area (Å²) >= 11 is 0. The molecule has 1 fully saturated rings. The second-order valence-corrected chi connectivity index (χ2v) is 7.90. The minimum Gasteiger partial charge on any atom is -0.465 e. The second-order valence-electron chi connectivity index (χ2n) is 7.90. The molecule has 6 nitrogen and oxygen atoms in total. The van der Waals surface area contributed by atoms with Gasteiger partial charge in [-0.25, -0.2) is 4.79 Å². The Kier molecular flexibility index (Phi) is 6.18. The Bertz CT molecular complexity index is 995. The van der Waals surface area contributed by atoms with Crippen LogP contribution in [0, 0.1) is 0 Å². The lowest BCUT2D eigenvalue weighted by molar-refractivity contribution is -0.132. The summed E-state index contributed by atoms with van der Waals surface area (Å²) in [6.45, 7) is 0.767. The molecule has 1 aliphatic heterocycles. The highest BCUT2D eigenvalue weighted by molar-refractivity contribution is 5.95. The second kappa shape index (κ2) is 9.18. The number of carboxylic acid groups (broad SMARTS) is 1. The number of carbonyl (C=O) groups excluding carboxylic acids is 1. The molecular formula is C25H26N2O4. The monoisotopic (exact) mass is 418 g/mol. The van der Waals surface area contributed by atoms with E-state index in [0.717, 1.165) is 12.8 Å². The number of hydrogen-bond donors (Lipinski definition) is 3. The van der Waals surface area contributed by atoms with Crippen molar-refractivity contribution in [2.45, 2.75) is 25.3 Å². The number of benzene rings is 2. The molecule has 3 N–H and O–H groups in total. The molecule has 31 heavy (non-hydrogen) atoms. The molecule has 0 saturated carbocycles. The predicted octanol–water partition coefficient (Wildman–Crippen LogP) is 3.61. The zero-order valence-electron chi connectivity index (χ0n) is 17.3. The molecule has 0 bridgehead atoms. The third-order valence-electron chi connectivity index (χ3n) is 5.94. The van der Waals surface area contributed by atoms with Crippen LogP contribution in [0.3, 0.4) is 0 Å². The van der Waals surface area contributed by atoms with Crippen molar-refractivity contribution in [3.63, 3.8) is 0 Å². The van der Waals surface area contributed by atoms with Gasteiger partial charge >= 0.3 is 6.09 Å². The van der Waals surface area contributed by atoms with Crippen LogP contribution in [0.1, 0.15) is 41.5 Å². The predicted molar refractivity (Wildman–Crippen MR) is 120 cm³/mol. The Hall–Kier alpha value is -3.38. The fraction of sp³-hybridized carbons (Fsp3) is 0.280. The fourth-order valence-corrected chi connectivity index (χ4v) is 4.40. The number of amides is 2. The third kappa shape index (κ3) is 4.54. The molecule has 2 aromatic rings. The number of likely N-dealkylation sites (tertiary alicyclic amines) is 1. The highest BCUT2D eigenvalue weighted by atomic mass is 16.4. The minimum absolute atomic E-state index is 0.0374. The van der Waals surface area contributed by atoms with Crippen molar-refractivity contribution < 1.29 is 19.8 Å². The van der Waals surface area contributed by atoms with E-state index in [9.17, 15) is 14.7 Å². The van der Waals surface area contributed by atoms with Gasteiger partial charge in [-0.15, -0.1) is 0 Å². The maximum absolute atomic E-state index is 12.6. The highest BCUT2D eigenvalue weighted by Gasteiger charge is 2.26. The largest absolute Gasteiger partial charge is 0.465 e. The highest BCUT2D eigenvalue weighted by Crippen LogP contribution is 2.38. The quantitative estimate of drug-likeness (QED) is 0.604. The summed E-state index contributed by atoms with van der Waals surface area (Å²) < 4.78 is 0. The Morgan fingerprint density at radius 2 is 1.48 bits per heavy atom. The van der Waals surface area contributed by atoms with Crippen LogP contribution < -0.4 is 5.32 Å². The van der Waals surface area contributed by atoms with Crippen molar-refractivity contribution in [1.29, 1.82) is 0 Å². The molecule has 1 heterocycles. The number of nitrogens with zero attached hydrogens (tertiary/aromatic N) is 1. The van der Waals surface area contributed by atoms with E-state index in [1.165, 1.54) is 33.4 Å². The Labute approximate surface area is 181 Å². The number of rotatable bonds is 4. The van der Waals surface area contributed by atoms with Crippen molar-refractivity contribution in [2.75, 3.05) is 19.7 Å². The van der Waals surface area contributed by atoms with Crippen LogP contribution in [0.25, 0.3) is 17.7 Å². The Balaban J connectivity index is 1.58. The lowest BCUT2D eigenvalue weighted by Gasteiger charge is -2.31. The molecule has 0 radical (unpaired) electrons. The van der Waals surface area contributed by atoms with Crippen molar-refractivity contribution >= 4 is 29.7 Å². The van der Waals surface area contributed by atoms with Crippen LogP contribution in [0.15, 0.2) is 54.1 Å². The van der Waals surface area contributed by atoms with E-state index in [4.69, 9.17) is 5.11 Å². The Morgan fingerprint density at radius 1 is 0.935 bits per heavy atom. The van der Waals surface area contributed by atoms with E-state index < -0.39 is 18.7 Å². The average molecular weight is 418 g/mol. The number of fused-ring (bicyclic) bond motifs is 2. The van der Waals surface area contributed by atoms with Crippen LogP contribution >= 0.6 is 0 Å². The molecule has 2 aromatic carbocycles. The number of carbonyl (C=O) groups is 2. The molecule has 160 valence electrons. The van der Waals surface area contributed by atoms with Crippen LogP contribution in [-0.4, -0.2) is 52.9 Å². The summed E-state index contributed by atoms with van der Waals surface area (Å²) in [5.41, 5.74) is 7.38. The summed E-state index contributed by atoms with van der Waals surface area (Å²) in [4.78, 5) is 25.2. The van der Waals surface area contributed by atoms with Gasteiger partial charge in [-0.1, -0.05) is 66.3 Å². The van der Waals surface area contributed by atoms with Gasteiger partial charge in [0.1, 0.15) is 0 Å². The van der Waals surface area contributed by atoms with Gasteiger partial charge in [-0.3, -0.25) is 4.79 Å². The first-order valence-corrected chi connectivity index (χ1v) is 10.5. The van der Waals surface area contributed by atoms with Gasteiger partial charge in [0.05, 0.1) is 12.6 Å². The van der Waals surface area contributed by atoms with Crippen LogP contribution in [0.4, 0.5) is 4.79 Å². The molecule has 4 rings (SSSR count). The standard InChI is InChI=1S/C25H26N2O4/c28-16-20(26-25(30)31)15-23(29)27-13-11-19(12-14-27)24-21-7-3-1-5-17(21)9-10-18-6-2-4-8-22(18)24/h1-10,20,26,28H,11-16H2,(H,30,31). The van der Waals surface area contributed by atoms with Gasteiger partial charge in [-0.2, -0.15) is 0 Å². The number of aliphatic hydroxyl groups is 1. The van der Waals surface area contributed by atoms with E-state index in [0.29, 0.717) is 13.1 Å². The molecule has 0 aromatic heterocycles. The number of aliphatic hydroxyl groups excluding tert-OH is 1. The zero-order valence-corrected chi connectivity index (χ0v) is 17.3. The topological polar surface area (TPSA) is 89.9 Å². The zero-order chi connectivity index (χ0) is 21.8. The molecular weight excluding hydrogens is 392 g/mol. The maximum Gasteiger partial charge on any atom is 0.404 e. The summed E-state index contributed by atoms with van der Waals surface area (Å²) in [7, 11) is 0. The SMILES string of the molecule is O=C(O)NC(CO)CC(=O)N1CCC(=C2c3ccccc3C=Cc3ccccc32)CC1. The van der Waals surface area contributed by atoms with E-state index in [-0.39, 0.29) is 12.3 Å². The molecule has 1 atom stereocenters. The van der Waals surface area contributed by atoms with E-state index in [1.54, 1.807) is 4.90 Å². The van der Waals surface area contributed by atoms with Crippen molar-refractivity contribution in [2.24, 2.45) is 0 Å². The van der Waals surface area contributed by atoms with Crippen molar-refractivity contribution in [3.8, 4) is 0 Å². The molecule has 2 amide bonds. The van der Waals surface area contributed by atoms with E-state index in [2.05, 4.69) is 53.9 Å². The van der Waals surface area contributed by atoms with Crippen molar-refractivity contribution in [1.82, 2.24) is 10.2 Å². The van der Waals surface area contributed by atoms with Gasteiger partial charge in [0, 0.05) is 19.5 Å². The van der Waals surface area contributed by atoms with E-state index >= 15 is 0 Å². The molecule has 1 aliphatic carbocycles. The minimum atomic E-state index is -1.24. The van der Waals surface area contributed by atoms with Gasteiger partial charge in [0.2, 0.25) is 5.91 Å². The summed E-state index contributed by atoms with van der Waals surface area (Å²) in [5, 5.41) is 20.4. The van der Waals surface area contributed by atoms with Crippen LogP contribution in [-0.2, 0) is 4.79 Å². The molecule has 6 heteroatoms. The summed E-state index contributed by atoms with van der Waals surface area (Å²) in [6.07, 6.45) is 4.57. The summed E-state index contributed by atoms with van der Waals surface area (Å²) in [6, 6.07) is 16.0. The Morgan fingerprint density at radius 3 is 2.00 bits per heavy atom. The smallest absolute Gasteiger partial charge is 0.404 e. The number of piperidine rings is 1. The summed E-state index contributed by atoms with van der Waals surface area (Å²) in [5.74, 6) is -0.139. The van der Waals surface area contributed by atoms with E-state index in [1.807, 2.05) is 12.1 Å². The molecule has 2 aliphatic rings. The molecule has 1 saturated heterocycles. The van der Waals surface area contributed by atoms with Gasteiger partial charge in [0.15, 0.2) is 0 Å². The first-order chi connectivity index (χ1) is 15.1. The first kappa shape index (κ1) is 20.9. The van der Waals surface area contributed by atoms with Crippen molar-refractivity contribution in [3.05, 3.63) is 76.4 Å². The first-order valence-electron chi connectivity index (χ1n) is 10.5. The number of hydrogen-bond acceptors (Lipinski definition) is 3. The third-order valence-corrected chi connectivity index (χ3v) is 5.94. The fourth-order valence-electron chi connectivity index (χ4n) is 4.40. The van der Waals surface area contributed by atoms with Gasteiger partial charge in [-0.05, 0) is 40.7 Å². The lowest BCUT2D eigenvalue weighted by Crippen LogP contribution is -2.43. The van der Waals surface area contributed by atoms with Gasteiger partial charge in [0.25, 0.3) is 0 Å². The average Bonchev–Trinajstić information content (AvgIpc) is 2.95.